The molecule has 0 heterocycles. The van der Waals surface area contributed by atoms with Crippen molar-refractivity contribution in [3.8, 4) is 0 Å². The maximum atomic E-state index is 12.4. The molecule has 1 fully saturated rings. The molecule has 1 aromatic rings. The summed E-state index contributed by atoms with van der Waals surface area (Å²) in [5.74, 6) is -0.472. The SMILES string of the molecule is COC(=O)c1ccc(NS(=O)(=O)[C@H]2CCCC[C@H]2O)c(C)c1. The molecule has 7 heteroatoms. The number of rotatable bonds is 4. The Hall–Kier alpha value is -1.60. The molecular formula is C15H21NO5S. The number of nitrogens with one attached hydrogen (secondary N) is 1. The van der Waals surface area contributed by atoms with Gasteiger partial charge >= 0.3 is 5.97 Å². The number of benzene rings is 1. The van der Waals surface area contributed by atoms with Gasteiger partial charge in [-0.25, -0.2) is 13.2 Å². The number of aryl methyl sites for hydroxylation is 1. The summed E-state index contributed by atoms with van der Waals surface area (Å²) in [4.78, 5) is 11.5. The monoisotopic (exact) mass is 327 g/mol. The van der Waals surface area contributed by atoms with Crippen molar-refractivity contribution in [1.29, 1.82) is 0 Å². The molecule has 0 radical (unpaired) electrons. The molecule has 1 aliphatic rings. The van der Waals surface area contributed by atoms with Gasteiger partial charge in [0.05, 0.1) is 24.5 Å². The summed E-state index contributed by atoms with van der Waals surface area (Å²) in [6, 6.07) is 4.61. The Bertz CT molecular complexity index is 656. The van der Waals surface area contributed by atoms with Gasteiger partial charge in [-0.05, 0) is 43.5 Å². The van der Waals surface area contributed by atoms with Crippen molar-refractivity contribution >= 4 is 21.7 Å². The van der Waals surface area contributed by atoms with Crippen molar-refractivity contribution in [2.24, 2.45) is 0 Å². The molecule has 122 valence electrons. The second-order valence-corrected chi connectivity index (χ2v) is 7.46. The Kier molecular flexibility index (Phi) is 5.08. The molecule has 0 aliphatic heterocycles. The van der Waals surface area contributed by atoms with Gasteiger partial charge in [-0.3, -0.25) is 4.72 Å². The molecule has 0 bridgehead atoms. The van der Waals surface area contributed by atoms with Crippen LogP contribution in [0.3, 0.4) is 0 Å². The Morgan fingerprint density at radius 1 is 1.32 bits per heavy atom. The van der Waals surface area contributed by atoms with Crippen molar-refractivity contribution in [2.45, 2.75) is 44.0 Å². The highest BCUT2D eigenvalue weighted by atomic mass is 32.2. The minimum absolute atomic E-state index is 0.362. The molecule has 0 saturated heterocycles. The first-order chi connectivity index (χ1) is 10.3. The van der Waals surface area contributed by atoms with E-state index in [1.807, 2.05) is 0 Å². The van der Waals surface area contributed by atoms with Gasteiger partial charge in [-0.1, -0.05) is 12.8 Å². The van der Waals surface area contributed by atoms with E-state index in [4.69, 9.17) is 0 Å². The van der Waals surface area contributed by atoms with E-state index in [-0.39, 0.29) is 0 Å². The van der Waals surface area contributed by atoms with Crippen LogP contribution in [0.15, 0.2) is 18.2 Å². The van der Waals surface area contributed by atoms with Crippen molar-refractivity contribution in [3.63, 3.8) is 0 Å². The zero-order valence-electron chi connectivity index (χ0n) is 12.7. The van der Waals surface area contributed by atoms with Gasteiger partial charge in [0.15, 0.2) is 0 Å². The van der Waals surface area contributed by atoms with Crippen molar-refractivity contribution < 1.29 is 23.1 Å². The molecular weight excluding hydrogens is 306 g/mol. The van der Waals surface area contributed by atoms with Gasteiger partial charge in [0.1, 0.15) is 5.25 Å². The fraction of sp³-hybridized carbons (Fsp3) is 0.533. The van der Waals surface area contributed by atoms with Gasteiger partial charge in [0.25, 0.3) is 0 Å². The van der Waals surface area contributed by atoms with E-state index >= 15 is 0 Å². The van der Waals surface area contributed by atoms with Crippen LogP contribution in [0.5, 0.6) is 0 Å². The molecule has 1 saturated carbocycles. The predicted molar refractivity (Wildman–Crippen MR) is 83.3 cm³/mol. The van der Waals surface area contributed by atoms with Crippen LogP contribution in [0.25, 0.3) is 0 Å². The lowest BCUT2D eigenvalue weighted by Gasteiger charge is -2.27. The number of carbonyl (C=O) groups excluding carboxylic acids is 1. The molecule has 2 N–H and O–H groups in total. The number of hydrogen-bond acceptors (Lipinski definition) is 5. The number of ether oxygens (including phenoxy) is 1. The van der Waals surface area contributed by atoms with E-state index in [2.05, 4.69) is 9.46 Å². The molecule has 6 nitrogen and oxygen atoms in total. The molecule has 2 atom stereocenters. The van der Waals surface area contributed by atoms with Crippen LogP contribution in [0.1, 0.15) is 41.6 Å². The zero-order chi connectivity index (χ0) is 16.3. The first-order valence-electron chi connectivity index (χ1n) is 7.24. The third kappa shape index (κ3) is 3.59. The summed E-state index contributed by atoms with van der Waals surface area (Å²) in [6.07, 6.45) is 1.77. The minimum Gasteiger partial charge on any atom is -0.465 e. The highest BCUT2D eigenvalue weighted by molar-refractivity contribution is 7.93. The Balaban J connectivity index is 2.20. The molecule has 1 aromatic carbocycles. The molecule has 1 aliphatic carbocycles. The van der Waals surface area contributed by atoms with Gasteiger partial charge in [-0.2, -0.15) is 0 Å². The van der Waals surface area contributed by atoms with Gasteiger partial charge < -0.3 is 9.84 Å². The van der Waals surface area contributed by atoms with Crippen LogP contribution < -0.4 is 4.72 Å². The number of sulfonamides is 1. The highest BCUT2D eigenvalue weighted by Crippen LogP contribution is 2.27. The van der Waals surface area contributed by atoms with Crippen molar-refractivity contribution in [3.05, 3.63) is 29.3 Å². The zero-order valence-corrected chi connectivity index (χ0v) is 13.5. The van der Waals surface area contributed by atoms with Crippen LogP contribution in [-0.2, 0) is 14.8 Å². The Labute approximate surface area is 130 Å². The normalized spacial score (nSPS) is 22.1. The molecule has 0 spiro atoms. The number of anilines is 1. The number of methoxy groups -OCH3 is 1. The summed E-state index contributed by atoms with van der Waals surface area (Å²) in [5, 5.41) is 9.13. The Morgan fingerprint density at radius 3 is 2.59 bits per heavy atom. The fourth-order valence-corrected chi connectivity index (χ4v) is 4.40. The number of hydrogen-bond donors (Lipinski definition) is 2. The third-order valence-corrected chi connectivity index (χ3v) is 5.82. The number of carbonyl (C=O) groups is 1. The lowest BCUT2D eigenvalue weighted by molar-refractivity contribution is 0.0600. The van der Waals surface area contributed by atoms with Crippen molar-refractivity contribution in [2.75, 3.05) is 11.8 Å². The van der Waals surface area contributed by atoms with Gasteiger partial charge in [0.2, 0.25) is 10.0 Å². The smallest absolute Gasteiger partial charge is 0.337 e. The molecule has 0 amide bonds. The lowest BCUT2D eigenvalue weighted by atomic mass is 9.97. The predicted octanol–water partition coefficient (Wildman–Crippen LogP) is 1.83. The highest BCUT2D eigenvalue weighted by Gasteiger charge is 2.34. The van der Waals surface area contributed by atoms with Gasteiger partial charge in [-0.15, -0.1) is 0 Å². The van der Waals surface area contributed by atoms with Crippen LogP contribution >= 0.6 is 0 Å². The Morgan fingerprint density at radius 2 is 2.00 bits per heavy atom. The average molecular weight is 327 g/mol. The van der Waals surface area contributed by atoms with E-state index in [9.17, 15) is 18.3 Å². The van der Waals surface area contributed by atoms with E-state index in [0.29, 0.717) is 29.7 Å². The van der Waals surface area contributed by atoms with E-state index in [1.165, 1.54) is 19.2 Å². The summed E-state index contributed by atoms with van der Waals surface area (Å²) in [6.45, 7) is 1.71. The number of esters is 1. The third-order valence-electron chi connectivity index (χ3n) is 3.97. The van der Waals surface area contributed by atoms with E-state index < -0.39 is 27.3 Å². The number of aliphatic hydroxyl groups excluding tert-OH is 1. The first kappa shape index (κ1) is 16.8. The minimum atomic E-state index is -3.66. The summed E-state index contributed by atoms with van der Waals surface area (Å²) in [5.41, 5.74) is 1.39. The molecule has 22 heavy (non-hydrogen) atoms. The summed E-state index contributed by atoms with van der Waals surface area (Å²) < 4.78 is 32.0. The lowest BCUT2D eigenvalue weighted by Crippen LogP contribution is -2.40. The largest absolute Gasteiger partial charge is 0.465 e. The van der Waals surface area contributed by atoms with E-state index in [0.717, 1.165) is 12.8 Å². The molecule has 0 aromatic heterocycles. The van der Waals surface area contributed by atoms with Crippen LogP contribution in [0, 0.1) is 6.92 Å². The number of aliphatic hydroxyl groups is 1. The topological polar surface area (TPSA) is 92.7 Å². The first-order valence-corrected chi connectivity index (χ1v) is 8.78. The van der Waals surface area contributed by atoms with Crippen LogP contribution in [0.4, 0.5) is 5.69 Å². The second kappa shape index (κ2) is 6.66. The molecule has 0 unspecified atom stereocenters. The average Bonchev–Trinajstić information content (AvgIpc) is 2.48. The molecule has 2 rings (SSSR count). The quantitative estimate of drug-likeness (QED) is 0.823. The maximum Gasteiger partial charge on any atom is 0.337 e. The van der Waals surface area contributed by atoms with Crippen LogP contribution in [0.2, 0.25) is 0 Å². The van der Waals surface area contributed by atoms with Crippen molar-refractivity contribution in [1.82, 2.24) is 0 Å². The van der Waals surface area contributed by atoms with Crippen LogP contribution in [-0.4, -0.2) is 38.0 Å². The summed E-state index contributed by atoms with van der Waals surface area (Å²) in [7, 11) is -2.37. The standard InChI is InChI=1S/C15H21NO5S/c1-10-9-11(15(18)21-2)7-8-12(10)16-22(19,20)14-6-4-3-5-13(14)17/h7-9,13-14,16-17H,3-6H2,1-2H3/t13-,14+/m1/s1. The van der Waals surface area contributed by atoms with E-state index in [1.54, 1.807) is 13.0 Å². The fourth-order valence-electron chi connectivity index (χ4n) is 2.69. The second-order valence-electron chi connectivity index (χ2n) is 5.56. The van der Waals surface area contributed by atoms with Gasteiger partial charge in [0, 0.05) is 0 Å². The maximum absolute atomic E-state index is 12.4. The summed E-state index contributed by atoms with van der Waals surface area (Å²) >= 11 is 0.